The average Bonchev–Trinajstić information content (AvgIpc) is 3.17. The van der Waals surface area contributed by atoms with Crippen LogP contribution >= 0.6 is 0 Å². The molecule has 35 heavy (non-hydrogen) atoms. The van der Waals surface area contributed by atoms with Gasteiger partial charge in [-0.15, -0.1) is 0 Å². The summed E-state index contributed by atoms with van der Waals surface area (Å²) in [6.45, 7) is 4.49. The van der Waals surface area contributed by atoms with E-state index in [1.54, 1.807) is 0 Å². The summed E-state index contributed by atoms with van der Waals surface area (Å²) in [5.41, 5.74) is 0.221. The molecule has 9 heteroatoms. The van der Waals surface area contributed by atoms with Gasteiger partial charge >= 0.3 is 11.9 Å². The maximum atomic E-state index is 12.2. The first-order valence-electron chi connectivity index (χ1n) is 13.2. The molecule has 3 heterocycles. The Kier molecular flexibility index (Phi) is 7.51. The zero-order valence-electron chi connectivity index (χ0n) is 20.7. The van der Waals surface area contributed by atoms with Crippen molar-refractivity contribution >= 4 is 11.9 Å². The molecule has 5 aliphatic rings. The Morgan fingerprint density at radius 2 is 1.31 bits per heavy atom. The quantitative estimate of drug-likeness (QED) is 0.419. The molecular weight excluding hydrogens is 456 g/mol. The third-order valence-electron chi connectivity index (χ3n) is 7.78. The Labute approximate surface area is 206 Å². The van der Waals surface area contributed by atoms with E-state index in [2.05, 4.69) is 6.58 Å². The highest BCUT2D eigenvalue weighted by Crippen LogP contribution is 2.50. The zero-order chi connectivity index (χ0) is 24.5. The molecule has 9 nitrogen and oxygen atoms in total. The first kappa shape index (κ1) is 25.1. The minimum absolute atomic E-state index is 0.0519. The summed E-state index contributed by atoms with van der Waals surface area (Å²) < 4.78 is 42.9. The van der Waals surface area contributed by atoms with Gasteiger partial charge in [0.2, 0.25) is 0 Å². The summed E-state index contributed by atoms with van der Waals surface area (Å²) in [6, 6.07) is 0. The molecule has 5 rings (SSSR count). The maximum absolute atomic E-state index is 12.2. The van der Waals surface area contributed by atoms with Crippen molar-refractivity contribution in [2.75, 3.05) is 13.2 Å². The van der Waals surface area contributed by atoms with Gasteiger partial charge in [0.15, 0.2) is 24.5 Å². The maximum Gasteiger partial charge on any atom is 0.344 e. The fourth-order valence-corrected chi connectivity index (χ4v) is 5.99. The van der Waals surface area contributed by atoms with Crippen LogP contribution in [0.15, 0.2) is 12.2 Å². The van der Waals surface area contributed by atoms with Crippen LogP contribution in [-0.2, 0) is 42.7 Å². The Balaban J connectivity index is 1.29. The number of hydrogen-bond acceptors (Lipinski definition) is 9. The molecule has 3 aliphatic heterocycles. The van der Waals surface area contributed by atoms with Crippen molar-refractivity contribution in [3.8, 4) is 0 Å². The Hall–Kier alpha value is -1.52. The molecule has 5 atom stereocenters. The van der Waals surface area contributed by atoms with Gasteiger partial charge in [-0.1, -0.05) is 32.3 Å². The Morgan fingerprint density at radius 3 is 1.91 bits per heavy atom. The number of rotatable bonds is 5. The van der Waals surface area contributed by atoms with E-state index in [9.17, 15) is 9.59 Å². The first-order valence-corrected chi connectivity index (χ1v) is 13.2. The van der Waals surface area contributed by atoms with Crippen molar-refractivity contribution in [2.45, 2.75) is 126 Å². The summed E-state index contributed by atoms with van der Waals surface area (Å²) in [7, 11) is 0. The molecular formula is C26H38O9. The van der Waals surface area contributed by atoms with Crippen LogP contribution in [0.1, 0.15) is 84.0 Å². The second-order valence-corrected chi connectivity index (χ2v) is 10.6. The molecule has 5 fully saturated rings. The lowest BCUT2D eigenvalue weighted by molar-refractivity contribution is -0.252. The minimum atomic E-state index is -0.661. The third kappa shape index (κ3) is 5.44. The predicted octanol–water partition coefficient (Wildman–Crippen LogP) is 3.67. The van der Waals surface area contributed by atoms with Gasteiger partial charge in [0.05, 0.1) is 0 Å². The molecule has 2 saturated carbocycles. The average molecular weight is 495 g/mol. The van der Waals surface area contributed by atoms with Crippen LogP contribution in [0.2, 0.25) is 0 Å². The number of carbonyl (C=O) groups is 2. The Bertz CT molecular complexity index is 795. The van der Waals surface area contributed by atoms with Crippen LogP contribution in [0, 0.1) is 0 Å². The van der Waals surface area contributed by atoms with Gasteiger partial charge in [-0.2, -0.15) is 0 Å². The van der Waals surface area contributed by atoms with E-state index >= 15 is 0 Å². The number of hydrogen-bond donors (Lipinski definition) is 0. The lowest BCUT2D eigenvalue weighted by atomic mass is 9.99. The van der Waals surface area contributed by atoms with E-state index in [-0.39, 0.29) is 24.4 Å². The van der Waals surface area contributed by atoms with Crippen molar-refractivity contribution in [1.82, 2.24) is 0 Å². The van der Waals surface area contributed by atoms with Crippen LogP contribution in [0.5, 0.6) is 0 Å². The molecule has 0 unspecified atom stereocenters. The van der Waals surface area contributed by atoms with E-state index in [0.717, 1.165) is 51.4 Å². The molecule has 0 radical (unpaired) electrons. The highest BCUT2D eigenvalue weighted by Gasteiger charge is 2.63. The van der Waals surface area contributed by atoms with Crippen molar-refractivity contribution in [1.29, 1.82) is 0 Å². The topological polar surface area (TPSA) is 98.8 Å². The van der Waals surface area contributed by atoms with Crippen LogP contribution in [-0.4, -0.2) is 67.4 Å². The van der Waals surface area contributed by atoms with Crippen LogP contribution in [0.3, 0.4) is 0 Å². The molecule has 0 aromatic heterocycles. The number of esters is 2. The van der Waals surface area contributed by atoms with Gasteiger partial charge in [-0.25, -0.2) is 9.59 Å². The smallest absolute Gasteiger partial charge is 0.344 e. The molecule has 2 aliphatic carbocycles. The van der Waals surface area contributed by atoms with Gasteiger partial charge in [-0.05, 0) is 32.6 Å². The van der Waals surface area contributed by atoms with Crippen molar-refractivity contribution in [3.05, 3.63) is 12.2 Å². The minimum Gasteiger partial charge on any atom is -0.460 e. The second kappa shape index (κ2) is 10.5. The molecule has 196 valence electrons. The largest absolute Gasteiger partial charge is 0.460 e. The number of ether oxygens (including phenoxy) is 7. The zero-order valence-corrected chi connectivity index (χ0v) is 20.7. The lowest BCUT2D eigenvalue weighted by Crippen LogP contribution is -2.56. The van der Waals surface area contributed by atoms with Gasteiger partial charge in [0.1, 0.15) is 31.0 Å². The van der Waals surface area contributed by atoms with Crippen molar-refractivity contribution in [3.63, 3.8) is 0 Å². The van der Waals surface area contributed by atoms with Crippen LogP contribution in [0.25, 0.3) is 0 Å². The van der Waals surface area contributed by atoms with E-state index in [1.165, 1.54) is 32.6 Å². The fourth-order valence-electron chi connectivity index (χ4n) is 5.99. The van der Waals surface area contributed by atoms with E-state index in [4.69, 9.17) is 33.2 Å². The van der Waals surface area contributed by atoms with E-state index in [1.807, 2.05) is 0 Å². The summed E-state index contributed by atoms with van der Waals surface area (Å²) >= 11 is 0. The molecule has 0 aromatic carbocycles. The monoisotopic (exact) mass is 494 g/mol. The predicted molar refractivity (Wildman–Crippen MR) is 122 cm³/mol. The van der Waals surface area contributed by atoms with Crippen molar-refractivity contribution < 1.29 is 42.7 Å². The van der Waals surface area contributed by atoms with Crippen LogP contribution in [0.4, 0.5) is 0 Å². The molecule has 0 aromatic rings. The Morgan fingerprint density at radius 1 is 0.771 bits per heavy atom. The van der Waals surface area contributed by atoms with E-state index in [0.29, 0.717) is 0 Å². The first-order chi connectivity index (χ1) is 16.9. The number of carbonyl (C=O) groups excluding carboxylic acids is 2. The third-order valence-corrected chi connectivity index (χ3v) is 7.78. The SMILES string of the molecule is C=C(C)C(=O)OCC(=O)OC[C@H]1O[C@@H]2OC3(CCCCCC3)O[C@@H]2[C@H]2OC3(CCCCCC3)O[C@H]21. The molecule has 0 amide bonds. The molecule has 2 spiro atoms. The standard InChI is InChI=1S/C26H38O9/c1-17(2)23(28)30-16-19(27)29-15-18-20-21(33-25(32-20)11-7-3-4-8-12-25)22-24(31-18)35-26(34-22)13-9-5-6-10-14-26/h18,20-22,24H,1,3-16H2,2H3/t18-,20+,21+,22-,24-/m1/s1. The van der Waals surface area contributed by atoms with Crippen LogP contribution < -0.4 is 0 Å². The van der Waals surface area contributed by atoms with Gasteiger partial charge in [0.25, 0.3) is 0 Å². The molecule has 0 bridgehead atoms. The normalized spacial score (nSPS) is 35.5. The fraction of sp³-hybridized carbons (Fsp3) is 0.846. The van der Waals surface area contributed by atoms with Gasteiger partial charge in [-0.3, -0.25) is 0 Å². The second-order valence-electron chi connectivity index (χ2n) is 10.6. The lowest BCUT2D eigenvalue weighted by Gasteiger charge is -2.36. The number of fused-ring (bicyclic) bond motifs is 3. The molecule has 3 saturated heterocycles. The summed E-state index contributed by atoms with van der Waals surface area (Å²) in [6.07, 6.45) is 9.83. The summed E-state index contributed by atoms with van der Waals surface area (Å²) in [5.74, 6) is -2.60. The summed E-state index contributed by atoms with van der Waals surface area (Å²) in [5, 5.41) is 0. The summed E-state index contributed by atoms with van der Waals surface area (Å²) in [4.78, 5) is 23.8. The molecule has 0 N–H and O–H groups in total. The van der Waals surface area contributed by atoms with Crippen molar-refractivity contribution in [2.24, 2.45) is 0 Å². The van der Waals surface area contributed by atoms with E-state index < -0.39 is 48.6 Å². The highest BCUT2D eigenvalue weighted by molar-refractivity contribution is 5.88. The highest BCUT2D eigenvalue weighted by atomic mass is 16.9. The van der Waals surface area contributed by atoms with Gasteiger partial charge < -0.3 is 33.2 Å². The van der Waals surface area contributed by atoms with Gasteiger partial charge in [0, 0.05) is 31.3 Å².